The number of nitrogens with two attached hydrogens (primary N) is 1. The molecule has 0 unspecified atom stereocenters. The summed E-state index contributed by atoms with van der Waals surface area (Å²) >= 11 is 19.2. The number of nitrogens with one attached hydrogen (secondary N) is 3. The summed E-state index contributed by atoms with van der Waals surface area (Å²) in [5.74, 6) is 2.15. The lowest BCUT2D eigenvalue weighted by molar-refractivity contribution is -0.231. The molecule has 11 rings (SSSR count). The molecule has 0 radical (unpaired) electrons. The van der Waals surface area contributed by atoms with E-state index in [1.807, 2.05) is 125 Å². The van der Waals surface area contributed by atoms with Gasteiger partial charge in [-0.1, -0.05) is 134 Å². The van der Waals surface area contributed by atoms with Crippen molar-refractivity contribution in [2.75, 3.05) is 54.7 Å². The molecule has 106 heavy (non-hydrogen) atoms. The summed E-state index contributed by atoms with van der Waals surface area (Å²) in [6.07, 6.45) is -14.2. The third kappa shape index (κ3) is 23.8. The number of hydrogen-bond donors (Lipinski definition) is 14. The van der Waals surface area contributed by atoms with Crippen LogP contribution in [0.15, 0.2) is 176 Å². The Bertz CT molecular complexity index is 3910. The normalized spacial score (nSPS) is 23.8. The van der Waals surface area contributed by atoms with Crippen LogP contribution in [0.3, 0.4) is 0 Å². The van der Waals surface area contributed by atoms with E-state index < -0.39 is 98.2 Å². The summed E-state index contributed by atoms with van der Waals surface area (Å²) in [5, 5.41) is 113. The van der Waals surface area contributed by atoms with Gasteiger partial charge in [-0.15, -0.1) is 0 Å². The molecule has 2 amide bonds. The van der Waals surface area contributed by atoms with Gasteiger partial charge in [-0.05, 0) is 188 Å². The molecule has 15 atom stereocenters. The van der Waals surface area contributed by atoms with E-state index in [1.165, 1.54) is 13.8 Å². The number of amides is 2. The highest BCUT2D eigenvalue weighted by Gasteiger charge is 2.46. The van der Waals surface area contributed by atoms with Crippen LogP contribution in [0.25, 0.3) is 0 Å². The lowest BCUT2D eigenvalue weighted by Crippen LogP contribution is -2.56. The maximum absolute atomic E-state index is 11.3. The Kier molecular flexibility index (Phi) is 33.3. The van der Waals surface area contributed by atoms with Gasteiger partial charge in [0.15, 0.2) is 0 Å². The first-order chi connectivity index (χ1) is 50.3. The third-order valence-corrected chi connectivity index (χ3v) is 18.8. The van der Waals surface area contributed by atoms with Crippen molar-refractivity contribution >= 4 is 69.4 Å². The first-order valence-corrected chi connectivity index (χ1v) is 35.9. The monoisotopic (exact) mass is 1520 g/mol. The molecule has 22 nitrogen and oxygen atoms in total. The smallest absolute Gasteiger partial charge is 0.221 e. The number of halogens is 3. The number of rotatable bonds is 22. The van der Waals surface area contributed by atoms with Crippen LogP contribution < -0.4 is 35.9 Å². The predicted molar refractivity (Wildman–Crippen MR) is 411 cm³/mol. The van der Waals surface area contributed by atoms with Crippen LogP contribution in [0.1, 0.15) is 124 Å². The summed E-state index contributed by atoms with van der Waals surface area (Å²) in [6, 6.07) is 53.5. The summed E-state index contributed by atoms with van der Waals surface area (Å²) in [5.41, 5.74) is 15.9. The third-order valence-electron chi connectivity index (χ3n) is 17.7. The van der Waals surface area contributed by atoms with Crippen molar-refractivity contribution in [3.63, 3.8) is 0 Å². The molecular weight excluding hydrogens is 1420 g/mol. The van der Waals surface area contributed by atoms with Crippen LogP contribution >= 0.6 is 34.8 Å². The lowest BCUT2D eigenvalue weighted by atomic mass is 9.89. The summed E-state index contributed by atoms with van der Waals surface area (Å²) in [6.45, 7) is 12.1. The molecule has 3 saturated heterocycles. The van der Waals surface area contributed by atoms with Crippen molar-refractivity contribution in [1.29, 1.82) is 0 Å². The van der Waals surface area contributed by atoms with E-state index in [-0.39, 0.29) is 25.8 Å². The highest BCUT2D eigenvalue weighted by Crippen LogP contribution is 2.39. The van der Waals surface area contributed by atoms with Crippen molar-refractivity contribution in [2.24, 2.45) is 0 Å². The van der Waals surface area contributed by atoms with Gasteiger partial charge in [0.1, 0.15) is 103 Å². The summed E-state index contributed by atoms with van der Waals surface area (Å²) in [4.78, 5) is 21.9. The second kappa shape index (κ2) is 41.4. The topological polar surface area (TPSA) is 354 Å². The maximum Gasteiger partial charge on any atom is 0.221 e. The van der Waals surface area contributed by atoms with Gasteiger partial charge in [-0.3, -0.25) is 9.59 Å². The number of nitrogen functional groups attached to an aromatic ring is 1. The van der Waals surface area contributed by atoms with E-state index in [0.717, 1.165) is 61.9 Å². The molecule has 0 saturated carbocycles. The number of aliphatic hydroxyl groups excluding tert-OH is 10. The molecule has 8 aromatic carbocycles. The molecule has 3 aliphatic heterocycles. The minimum Gasteiger partial charge on any atom is -0.494 e. The van der Waals surface area contributed by atoms with E-state index >= 15 is 0 Å². The average Bonchev–Trinajstić information content (AvgIpc) is 0.800. The fourth-order valence-electron chi connectivity index (χ4n) is 12.3. The molecular formula is C81H99Cl3N4O18. The Morgan fingerprint density at radius 2 is 0.745 bits per heavy atom. The van der Waals surface area contributed by atoms with Gasteiger partial charge in [0.2, 0.25) is 11.8 Å². The SMILES string of the molecule is C.CC(=O)Nc1cccc(N)c1.CCOc1ccc(Cc2cc([C@@H]3O[C@H](CC)[C@@H](O)[C@H](O)[C@H]3O)ccc2Cl)cc1.CCOc1ccc(Cc2cc([C@@H]3O[C@H](CNc4cccc(NC(C)=O)c4)[C@@H](O)[C@H](O)[C@H]3O)ccc2Cl)cc1.CCOc1ccc(Cc2cc([C@@H]3O[C@H](CO)[C@@H](O)[C@H](O)[C@H]3O)ccc2Cl)cc1. The molecule has 8 aromatic rings. The minimum absolute atomic E-state index is 0. The van der Waals surface area contributed by atoms with Gasteiger partial charge < -0.3 is 101 Å². The van der Waals surface area contributed by atoms with Gasteiger partial charge in [0.05, 0.1) is 32.5 Å². The number of carbonyl (C=O) groups is 2. The fourth-order valence-corrected chi connectivity index (χ4v) is 12.8. The molecule has 25 heteroatoms. The average molecular weight is 1520 g/mol. The first-order valence-electron chi connectivity index (χ1n) is 34.8. The van der Waals surface area contributed by atoms with E-state index in [1.54, 1.807) is 78.9 Å². The second-order valence-corrected chi connectivity index (χ2v) is 26.8. The highest BCUT2D eigenvalue weighted by atomic mass is 35.5. The van der Waals surface area contributed by atoms with Crippen molar-refractivity contribution in [3.8, 4) is 17.2 Å². The molecule has 3 fully saturated rings. The predicted octanol–water partition coefficient (Wildman–Crippen LogP) is 10.9. The van der Waals surface area contributed by atoms with Crippen LogP contribution in [0.5, 0.6) is 17.2 Å². The summed E-state index contributed by atoms with van der Waals surface area (Å²) < 4.78 is 34.1. The van der Waals surface area contributed by atoms with E-state index in [4.69, 9.17) is 69.0 Å². The van der Waals surface area contributed by atoms with E-state index in [9.17, 15) is 60.7 Å². The number of aliphatic hydroxyl groups is 10. The largest absolute Gasteiger partial charge is 0.494 e. The van der Waals surface area contributed by atoms with Gasteiger partial charge in [-0.25, -0.2) is 0 Å². The lowest BCUT2D eigenvalue weighted by Gasteiger charge is -2.41. The number of ether oxygens (including phenoxy) is 6. The standard InChI is InChI=1S/C29H33ClN2O6.C22H27ClO5.C21H25ClO6.C8H10N2O.CH4/c1-3-37-23-10-7-18(8-11-23)13-20-14-19(9-12-24(20)30)29-28(36)27(35)26(34)25(38-29)16-31-21-5-4-6-22(15-21)32-17(2)33;1-3-18-19(24)20(25)21(26)22(28-18)14-7-10-17(23)15(12-14)11-13-5-8-16(9-6-13)27-4-2;1-2-27-15-6-3-12(4-7-15)9-14-10-13(5-8-16(14)22)21-20(26)19(25)18(24)17(11-23)28-21;1-6(11)10-8-4-2-3-7(9)5-8;/h4-12,14-15,25-29,31,34-36H,3,13,16H2,1-2H3,(H,32,33);5-10,12,18-22,24-26H,3-4,11H2,1-2H3;3-8,10,17-21,23-26H,2,9,11H2,1H3;2-5H,9H2,1H3,(H,10,11);1H4/t25-,26-,27+,28-,29+;18-,19-,20+,21-,22+;17-,18-,19+,20-,21+;;/m111../s1. The molecule has 15 N–H and O–H groups in total. The molecule has 0 bridgehead atoms. The molecule has 3 heterocycles. The minimum atomic E-state index is -1.42. The Labute approximate surface area is 634 Å². The number of carbonyl (C=O) groups excluding carboxylic acids is 2. The van der Waals surface area contributed by atoms with Crippen LogP contribution in [0.4, 0.5) is 22.7 Å². The van der Waals surface area contributed by atoms with Crippen LogP contribution in [-0.4, -0.2) is 169 Å². The second-order valence-electron chi connectivity index (χ2n) is 25.6. The van der Waals surface area contributed by atoms with Gasteiger partial charge in [0, 0.05) is 58.2 Å². The van der Waals surface area contributed by atoms with Crippen molar-refractivity contribution in [3.05, 3.63) is 241 Å². The van der Waals surface area contributed by atoms with Crippen molar-refractivity contribution < 1.29 is 89.1 Å². The summed E-state index contributed by atoms with van der Waals surface area (Å²) in [7, 11) is 0. The fraction of sp³-hybridized carbons (Fsp3) is 0.383. The van der Waals surface area contributed by atoms with Crippen molar-refractivity contribution in [1.82, 2.24) is 0 Å². The van der Waals surface area contributed by atoms with Gasteiger partial charge >= 0.3 is 0 Å². The Morgan fingerprint density at radius 3 is 1.09 bits per heavy atom. The first kappa shape index (κ1) is 85.3. The highest BCUT2D eigenvalue weighted by molar-refractivity contribution is 6.32. The van der Waals surface area contributed by atoms with E-state index in [0.29, 0.717) is 88.8 Å². The molecule has 0 spiro atoms. The number of hydrogen-bond acceptors (Lipinski definition) is 20. The Hall–Kier alpha value is -7.95. The molecule has 3 aliphatic rings. The molecule has 0 aliphatic carbocycles. The quantitative estimate of drug-likeness (QED) is 0.0280. The Balaban J connectivity index is 0.000000208. The molecule has 0 aromatic heterocycles. The zero-order valence-electron chi connectivity index (χ0n) is 59.2. The maximum atomic E-state index is 11.3. The Morgan fingerprint density at radius 1 is 0.415 bits per heavy atom. The van der Waals surface area contributed by atoms with Crippen LogP contribution in [0.2, 0.25) is 15.1 Å². The van der Waals surface area contributed by atoms with Crippen LogP contribution in [0, 0.1) is 0 Å². The molecule has 572 valence electrons. The van der Waals surface area contributed by atoms with Gasteiger partial charge in [-0.2, -0.15) is 0 Å². The number of benzene rings is 8. The van der Waals surface area contributed by atoms with Gasteiger partial charge in [0.25, 0.3) is 0 Å². The zero-order valence-corrected chi connectivity index (χ0v) is 61.5. The van der Waals surface area contributed by atoms with Crippen LogP contribution in [-0.2, 0) is 43.1 Å². The zero-order chi connectivity index (χ0) is 76.0. The van der Waals surface area contributed by atoms with Crippen molar-refractivity contribution in [2.45, 2.75) is 166 Å². The number of anilines is 4. The van der Waals surface area contributed by atoms with E-state index in [2.05, 4.69) is 16.0 Å².